The third-order valence-corrected chi connectivity index (χ3v) is 4.84. The van der Waals surface area contributed by atoms with Gasteiger partial charge in [0.05, 0.1) is 6.04 Å². The van der Waals surface area contributed by atoms with E-state index in [0.717, 1.165) is 12.3 Å². The van der Waals surface area contributed by atoms with Gasteiger partial charge in [0, 0.05) is 5.92 Å². The topological polar surface area (TPSA) is 64.9 Å². The Morgan fingerprint density at radius 2 is 2.20 bits per heavy atom. The second-order valence-electron chi connectivity index (χ2n) is 5.96. The van der Waals surface area contributed by atoms with Gasteiger partial charge in [0.25, 0.3) is 0 Å². The summed E-state index contributed by atoms with van der Waals surface area (Å²) in [5.41, 5.74) is 8.93. The van der Waals surface area contributed by atoms with Crippen LogP contribution in [0.2, 0.25) is 0 Å². The molecule has 0 radical (unpaired) electrons. The summed E-state index contributed by atoms with van der Waals surface area (Å²) in [6.07, 6.45) is 3.23. The largest absolute Gasteiger partial charge is 0.339 e. The summed E-state index contributed by atoms with van der Waals surface area (Å²) in [4.78, 5) is 4.54. The fourth-order valence-corrected chi connectivity index (χ4v) is 3.62. The molecule has 0 aliphatic heterocycles. The molecule has 4 rings (SSSR count). The zero-order valence-corrected chi connectivity index (χ0v) is 11.6. The summed E-state index contributed by atoms with van der Waals surface area (Å²) in [6.45, 7) is 2.04. The second-order valence-corrected chi connectivity index (χ2v) is 5.96. The Morgan fingerprint density at radius 1 is 1.35 bits per heavy atom. The maximum atomic E-state index is 5.97. The number of benzene rings is 1. The van der Waals surface area contributed by atoms with E-state index in [4.69, 9.17) is 10.3 Å². The standard InChI is InChI=1S/C16H19N3O/c1-2-12(17)15-18-16(20-19-15)14-11-8-7-9-5-3-4-6-10(9)13(11)14/h3-6,11-14H,2,7-8,17H2,1H3. The molecular weight excluding hydrogens is 250 g/mol. The van der Waals surface area contributed by atoms with Gasteiger partial charge in [0.2, 0.25) is 5.89 Å². The number of rotatable bonds is 3. The van der Waals surface area contributed by atoms with Crippen LogP contribution in [0.4, 0.5) is 0 Å². The van der Waals surface area contributed by atoms with Gasteiger partial charge >= 0.3 is 0 Å². The van der Waals surface area contributed by atoms with Crippen molar-refractivity contribution in [3.8, 4) is 0 Å². The third kappa shape index (κ3) is 1.71. The van der Waals surface area contributed by atoms with Crippen LogP contribution in [0.15, 0.2) is 28.8 Å². The minimum absolute atomic E-state index is 0.111. The van der Waals surface area contributed by atoms with E-state index in [0.29, 0.717) is 23.6 Å². The van der Waals surface area contributed by atoms with Crippen LogP contribution in [0.1, 0.15) is 60.5 Å². The Morgan fingerprint density at radius 3 is 3.05 bits per heavy atom. The molecule has 1 heterocycles. The van der Waals surface area contributed by atoms with Crippen molar-refractivity contribution >= 4 is 0 Å². The van der Waals surface area contributed by atoms with Gasteiger partial charge < -0.3 is 10.3 Å². The molecule has 0 amide bonds. The van der Waals surface area contributed by atoms with Crippen molar-refractivity contribution in [2.24, 2.45) is 11.7 Å². The first-order chi connectivity index (χ1) is 9.79. The molecule has 20 heavy (non-hydrogen) atoms. The third-order valence-electron chi connectivity index (χ3n) is 4.84. The molecule has 4 unspecified atom stereocenters. The van der Waals surface area contributed by atoms with Crippen LogP contribution in [0.3, 0.4) is 0 Å². The van der Waals surface area contributed by atoms with Gasteiger partial charge in [-0.2, -0.15) is 4.98 Å². The molecule has 2 aliphatic rings. The van der Waals surface area contributed by atoms with Crippen LogP contribution in [-0.4, -0.2) is 10.1 Å². The van der Waals surface area contributed by atoms with Gasteiger partial charge in [0.15, 0.2) is 5.82 Å². The molecule has 1 aromatic carbocycles. The van der Waals surface area contributed by atoms with E-state index >= 15 is 0 Å². The SMILES string of the molecule is CCC(N)c1noc(C2C3CCc4ccccc4C32)n1. The van der Waals surface area contributed by atoms with E-state index < -0.39 is 0 Å². The highest BCUT2D eigenvalue weighted by molar-refractivity contribution is 5.42. The molecule has 1 aromatic heterocycles. The number of nitrogens with two attached hydrogens (primary N) is 1. The summed E-state index contributed by atoms with van der Waals surface area (Å²) in [7, 11) is 0. The second kappa shape index (κ2) is 4.42. The molecule has 0 bridgehead atoms. The molecule has 0 saturated heterocycles. The monoisotopic (exact) mass is 269 g/mol. The van der Waals surface area contributed by atoms with Crippen LogP contribution < -0.4 is 5.73 Å². The summed E-state index contributed by atoms with van der Waals surface area (Å²) < 4.78 is 5.48. The number of hydrogen-bond acceptors (Lipinski definition) is 4. The van der Waals surface area contributed by atoms with Crippen LogP contribution in [0, 0.1) is 5.92 Å². The molecule has 1 fully saturated rings. The minimum Gasteiger partial charge on any atom is -0.339 e. The van der Waals surface area contributed by atoms with E-state index in [9.17, 15) is 0 Å². The fraction of sp³-hybridized carbons (Fsp3) is 0.500. The van der Waals surface area contributed by atoms with Crippen molar-refractivity contribution in [1.82, 2.24) is 10.1 Å². The first-order valence-corrected chi connectivity index (χ1v) is 7.46. The van der Waals surface area contributed by atoms with Crippen molar-refractivity contribution in [2.45, 2.75) is 44.1 Å². The number of hydrogen-bond donors (Lipinski definition) is 1. The van der Waals surface area contributed by atoms with Gasteiger partial charge in [-0.1, -0.05) is 36.3 Å². The summed E-state index contributed by atoms with van der Waals surface area (Å²) in [5, 5.41) is 4.05. The first kappa shape index (κ1) is 12.1. The Hall–Kier alpha value is -1.68. The number of nitrogens with zero attached hydrogens (tertiary/aromatic N) is 2. The Kier molecular flexibility index (Phi) is 2.67. The lowest BCUT2D eigenvalue weighted by atomic mass is 9.92. The zero-order valence-electron chi connectivity index (χ0n) is 11.6. The highest BCUT2D eigenvalue weighted by Gasteiger charge is 2.56. The van der Waals surface area contributed by atoms with E-state index in [1.54, 1.807) is 0 Å². The zero-order chi connectivity index (χ0) is 13.7. The van der Waals surface area contributed by atoms with Crippen molar-refractivity contribution in [3.05, 3.63) is 47.1 Å². The van der Waals surface area contributed by atoms with Gasteiger partial charge in [-0.3, -0.25) is 0 Å². The van der Waals surface area contributed by atoms with Gasteiger partial charge in [-0.05, 0) is 42.2 Å². The normalized spacial score (nSPS) is 28.6. The highest BCUT2D eigenvalue weighted by Crippen LogP contribution is 2.64. The van der Waals surface area contributed by atoms with Gasteiger partial charge in [-0.25, -0.2) is 0 Å². The van der Waals surface area contributed by atoms with Crippen LogP contribution in [0.25, 0.3) is 0 Å². The lowest BCUT2D eigenvalue weighted by Gasteiger charge is -2.13. The molecule has 0 spiro atoms. The summed E-state index contributed by atoms with van der Waals surface area (Å²) >= 11 is 0. The van der Waals surface area contributed by atoms with E-state index in [2.05, 4.69) is 34.4 Å². The van der Waals surface area contributed by atoms with Crippen molar-refractivity contribution in [1.29, 1.82) is 0 Å². The van der Waals surface area contributed by atoms with Crippen molar-refractivity contribution in [2.75, 3.05) is 0 Å². The molecule has 4 nitrogen and oxygen atoms in total. The van der Waals surface area contributed by atoms with E-state index in [-0.39, 0.29) is 6.04 Å². The molecule has 1 saturated carbocycles. The quantitative estimate of drug-likeness (QED) is 0.930. The van der Waals surface area contributed by atoms with E-state index in [1.807, 2.05) is 6.92 Å². The summed E-state index contributed by atoms with van der Waals surface area (Å²) in [6, 6.07) is 8.64. The van der Waals surface area contributed by atoms with Gasteiger partial charge in [0.1, 0.15) is 0 Å². The molecule has 2 aliphatic carbocycles. The Labute approximate surface area is 118 Å². The molecule has 2 aromatic rings. The summed E-state index contributed by atoms with van der Waals surface area (Å²) in [5.74, 6) is 3.10. The maximum Gasteiger partial charge on any atom is 0.230 e. The minimum atomic E-state index is -0.111. The Bertz CT molecular complexity index is 636. The number of aromatic nitrogens is 2. The van der Waals surface area contributed by atoms with Gasteiger partial charge in [-0.15, -0.1) is 0 Å². The maximum absolute atomic E-state index is 5.97. The van der Waals surface area contributed by atoms with Crippen molar-refractivity contribution < 1.29 is 4.52 Å². The number of aryl methyl sites for hydroxylation is 1. The average molecular weight is 269 g/mol. The Balaban J connectivity index is 1.62. The van der Waals surface area contributed by atoms with E-state index in [1.165, 1.54) is 24.0 Å². The molecular formula is C16H19N3O. The molecule has 104 valence electrons. The lowest BCUT2D eigenvalue weighted by Crippen LogP contribution is -2.10. The molecule has 4 heteroatoms. The predicted molar refractivity (Wildman–Crippen MR) is 75.3 cm³/mol. The van der Waals surface area contributed by atoms with Crippen LogP contribution in [-0.2, 0) is 6.42 Å². The number of fused-ring (bicyclic) bond motifs is 3. The average Bonchev–Trinajstić information content (AvgIpc) is 3.04. The van der Waals surface area contributed by atoms with Crippen molar-refractivity contribution in [3.63, 3.8) is 0 Å². The highest BCUT2D eigenvalue weighted by atomic mass is 16.5. The first-order valence-electron chi connectivity index (χ1n) is 7.46. The molecule has 4 atom stereocenters. The fourth-order valence-electron chi connectivity index (χ4n) is 3.62. The predicted octanol–water partition coefficient (Wildman–Crippen LogP) is 2.92. The molecule has 2 N–H and O–H groups in total. The van der Waals surface area contributed by atoms with Crippen LogP contribution in [0.5, 0.6) is 0 Å². The lowest BCUT2D eigenvalue weighted by molar-refractivity contribution is 0.365. The van der Waals surface area contributed by atoms with Crippen LogP contribution >= 0.6 is 0 Å². The smallest absolute Gasteiger partial charge is 0.230 e.